The molecule has 1 rings (SSSR count). The van der Waals surface area contributed by atoms with Gasteiger partial charge in [-0.25, -0.2) is 0 Å². The van der Waals surface area contributed by atoms with Gasteiger partial charge in [0.25, 0.3) is 0 Å². The van der Waals surface area contributed by atoms with Crippen LogP contribution in [0.15, 0.2) is 0 Å². The second-order valence-corrected chi connectivity index (χ2v) is 4.59. The van der Waals surface area contributed by atoms with Gasteiger partial charge in [0.15, 0.2) is 0 Å². The molecule has 0 atom stereocenters. The molecule has 0 aromatic carbocycles. The minimum Gasteiger partial charge on any atom is -0.346 e. The van der Waals surface area contributed by atoms with Crippen LogP contribution in [-0.2, 0) is 4.79 Å². The number of nitrogens with one attached hydrogen (secondary N) is 1. The number of amides is 1. The van der Waals surface area contributed by atoms with Crippen molar-refractivity contribution in [2.75, 3.05) is 26.2 Å². The Kier molecular flexibility index (Phi) is 5.87. The summed E-state index contributed by atoms with van der Waals surface area (Å²) in [6.07, 6.45) is -0.459. The largest absolute Gasteiger partial charge is 0.405 e. The molecule has 0 unspecified atom stereocenters. The summed E-state index contributed by atoms with van der Waals surface area (Å²) in [5.74, 6) is -0.573. The first-order valence-electron chi connectivity index (χ1n) is 6.20. The van der Waals surface area contributed by atoms with Gasteiger partial charge >= 0.3 is 6.18 Å². The van der Waals surface area contributed by atoms with Gasteiger partial charge in [-0.1, -0.05) is 6.42 Å². The molecule has 3 N–H and O–H groups in total. The Morgan fingerprint density at radius 2 is 2.06 bits per heavy atom. The monoisotopic (exact) mass is 267 g/mol. The highest BCUT2D eigenvalue weighted by atomic mass is 19.4. The smallest absolute Gasteiger partial charge is 0.346 e. The molecule has 0 aromatic rings. The fraction of sp³-hybridized carbons (Fsp3) is 0.909. The lowest BCUT2D eigenvalue weighted by atomic mass is 9.91. The number of alkyl halides is 3. The Morgan fingerprint density at radius 3 is 2.50 bits per heavy atom. The molecule has 0 saturated heterocycles. The molecule has 4 nitrogen and oxygen atoms in total. The Labute approximate surface area is 105 Å². The molecule has 0 bridgehead atoms. The molecule has 0 aromatic heterocycles. The second-order valence-electron chi connectivity index (χ2n) is 4.59. The molecule has 1 aliphatic carbocycles. The van der Waals surface area contributed by atoms with E-state index in [0.717, 1.165) is 25.7 Å². The van der Waals surface area contributed by atoms with Crippen LogP contribution in [0.4, 0.5) is 13.2 Å². The van der Waals surface area contributed by atoms with Gasteiger partial charge in [0.1, 0.15) is 6.54 Å². The number of carbonyl (C=O) groups excluding carboxylic acids is 1. The third kappa shape index (κ3) is 5.68. The van der Waals surface area contributed by atoms with Crippen molar-refractivity contribution in [3.8, 4) is 0 Å². The van der Waals surface area contributed by atoms with E-state index in [4.69, 9.17) is 5.73 Å². The van der Waals surface area contributed by atoms with Crippen molar-refractivity contribution in [1.82, 2.24) is 10.2 Å². The van der Waals surface area contributed by atoms with Crippen LogP contribution >= 0.6 is 0 Å². The molecular weight excluding hydrogens is 247 g/mol. The van der Waals surface area contributed by atoms with E-state index in [1.165, 1.54) is 0 Å². The van der Waals surface area contributed by atoms with Gasteiger partial charge < -0.3 is 11.1 Å². The van der Waals surface area contributed by atoms with Crippen LogP contribution in [0, 0.1) is 0 Å². The van der Waals surface area contributed by atoms with Gasteiger partial charge in [0.05, 0.1) is 6.54 Å². The summed E-state index contributed by atoms with van der Waals surface area (Å²) in [5.41, 5.74) is 5.41. The van der Waals surface area contributed by atoms with Crippen LogP contribution < -0.4 is 11.1 Å². The van der Waals surface area contributed by atoms with E-state index < -0.39 is 18.6 Å². The highest BCUT2D eigenvalue weighted by Gasteiger charge is 2.29. The molecule has 0 aliphatic heterocycles. The maximum absolute atomic E-state index is 11.9. The van der Waals surface area contributed by atoms with Crippen molar-refractivity contribution in [3.63, 3.8) is 0 Å². The van der Waals surface area contributed by atoms with E-state index in [0.29, 0.717) is 19.1 Å². The number of nitrogens with zero attached hydrogens (tertiary/aromatic N) is 1. The van der Waals surface area contributed by atoms with Crippen LogP contribution in [0.1, 0.15) is 25.7 Å². The molecule has 18 heavy (non-hydrogen) atoms. The van der Waals surface area contributed by atoms with Crippen molar-refractivity contribution < 1.29 is 18.0 Å². The number of hydrogen-bond donors (Lipinski definition) is 2. The van der Waals surface area contributed by atoms with Crippen molar-refractivity contribution in [2.45, 2.75) is 37.9 Å². The quantitative estimate of drug-likeness (QED) is 0.719. The van der Waals surface area contributed by atoms with Crippen LogP contribution in [0.2, 0.25) is 0 Å². The molecule has 1 fully saturated rings. The van der Waals surface area contributed by atoms with E-state index in [2.05, 4.69) is 0 Å². The summed E-state index contributed by atoms with van der Waals surface area (Å²) in [7, 11) is 0. The Morgan fingerprint density at radius 1 is 1.39 bits per heavy atom. The summed E-state index contributed by atoms with van der Waals surface area (Å²) in [6.45, 7) is -0.0457. The third-order valence-electron chi connectivity index (χ3n) is 3.07. The first kappa shape index (κ1) is 15.2. The molecule has 0 spiro atoms. The third-order valence-corrected chi connectivity index (χ3v) is 3.07. The normalized spacial score (nSPS) is 16.7. The van der Waals surface area contributed by atoms with Crippen molar-refractivity contribution >= 4 is 5.91 Å². The summed E-state index contributed by atoms with van der Waals surface area (Å²) in [6, 6.07) is 0.327. The summed E-state index contributed by atoms with van der Waals surface area (Å²) >= 11 is 0. The maximum Gasteiger partial charge on any atom is 0.405 e. The Hall–Kier alpha value is -0.820. The van der Waals surface area contributed by atoms with Crippen molar-refractivity contribution in [3.05, 3.63) is 0 Å². The highest BCUT2D eigenvalue weighted by molar-refractivity contribution is 5.78. The van der Waals surface area contributed by atoms with Gasteiger partial charge in [-0.15, -0.1) is 0 Å². The molecular formula is C11H20F3N3O. The number of halogens is 3. The maximum atomic E-state index is 11.9. The zero-order chi connectivity index (χ0) is 13.6. The molecule has 106 valence electrons. The molecule has 1 saturated carbocycles. The van der Waals surface area contributed by atoms with E-state index in [1.54, 1.807) is 0 Å². The van der Waals surface area contributed by atoms with Gasteiger partial charge in [0, 0.05) is 12.6 Å². The number of carbonyl (C=O) groups is 1. The predicted molar refractivity (Wildman–Crippen MR) is 61.9 cm³/mol. The Bertz CT molecular complexity index is 267. The lowest BCUT2D eigenvalue weighted by Crippen LogP contribution is -2.47. The fourth-order valence-electron chi connectivity index (χ4n) is 1.88. The molecule has 7 heteroatoms. The highest BCUT2D eigenvalue weighted by Crippen LogP contribution is 2.24. The van der Waals surface area contributed by atoms with Gasteiger partial charge in [-0.05, 0) is 25.8 Å². The SMILES string of the molecule is NCCCN(CC(=O)NCC(F)(F)F)C1CCC1. The zero-order valence-corrected chi connectivity index (χ0v) is 10.3. The second kappa shape index (κ2) is 6.94. The minimum atomic E-state index is -4.35. The molecule has 0 heterocycles. The average molecular weight is 267 g/mol. The lowest BCUT2D eigenvalue weighted by molar-refractivity contribution is -0.139. The predicted octanol–water partition coefficient (Wildman–Crippen LogP) is 0.868. The van der Waals surface area contributed by atoms with Gasteiger partial charge in [-0.3, -0.25) is 9.69 Å². The van der Waals surface area contributed by atoms with E-state index >= 15 is 0 Å². The first-order chi connectivity index (χ1) is 8.42. The average Bonchev–Trinajstić information content (AvgIpc) is 2.19. The van der Waals surface area contributed by atoms with E-state index in [9.17, 15) is 18.0 Å². The standard InChI is InChI=1S/C11H20F3N3O/c12-11(13,14)8-16-10(18)7-17(6-2-5-15)9-3-1-4-9/h9H,1-8,15H2,(H,16,18). The number of rotatable bonds is 7. The lowest BCUT2D eigenvalue weighted by Gasteiger charge is -2.37. The molecule has 1 aliphatic rings. The fourth-order valence-corrected chi connectivity index (χ4v) is 1.88. The van der Waals surface area contributed by atoms with E-state index in [1.807, 2.05) is 10.2 Å². The zero-order valence-electron chi connectivity index (χ0n) is 10.3. The van der Waals surface area contributed by atoms with Crippen LogP contribution in [0.3, 0.4) is 0 Å². The topological polar surface area (TPSA) is 58.4 Å². The molecule has 0 radical (unpaired) electrons. The van der Waals surface area contributed by atoms with E-state index in [-0.39, 0.29) is 6.54 Å². The summed E-state index contributed by atoms with van der Waals surface area (Å²) in [5, 5.41) is 1.90. The van der Waals surface area contributed by atoms with Crippen LogP contribution in [0.5, 0.6) is 0 Å². The Balaban J connectivity index is 2.32. The summed E-state index contributed by atoms with van der Waals surface area (Å²) in [4.78, 5) is 13.4. The van der Waals surface area contributed by atoms with Crippen molar-refractivity contribution in [2.24, 2.45) is 5.73 Å². The molecule has 1 amide bonds. The number of nitrogens with two attached hydrogens (primary N) is 1. The van der Waals surface area contributed by atoms with Crippen LogP contribution in [-0.4, -0.2) is 49.2 Å². The first-order valence-corrected chi connectivity index (χ1v) is 6.20. The van der Waals surface area contributed by atoms with Gasteiger partial charge in [-0.2, -0.15) is 13.2 Å². The van der Waals surface area contributed by atoms with Crippen molar-refractivity contribution in [1.29, 1.82) is 0 Å². The summed E-state index contributed by atoms with van der Waals surface area (Å²) < 4.78 is 35.8. The number of hydrogen-bond acceptors (Lipinski definition) is 3. The van der Waals surface area contributed by atoms with Gasteiger partial charge in [0.2, 0.25) is 5.91 Å². The van der Waals surface area contributed by atoms with Crippen LogP contribution in [0.25, 0.3) is 0 Å². The minimum absolute atomic E-state index is 0.0285.